The van der Waals surface area contributed by atoms with E-state index in [-0.39, 0.29) is 18.2 Å². The lowest BCUT2D eigenvalue weighted by atomic mass is 10.1. The van der Waals surface area contributed by atoms with Crippen LogP contribution in [0, 0.1) is 0 Å². The van der Waals surface area contributed by atoms with Gasteiger partial charge in [-0.2, -0.15) is 16.1 Å². The molecule has 1 N–H and O–H groups in total. The first-order valence-corrected chi connectivity index (χ1v) is 7.77. The Bertz CT molecular complexity index is 824. The van der Waals surface area contributed by atoms with Crippen molar-refractivity contribution in [1.29, 1.82) is 0 Å². The minimum Gasteiger partial charge on any atom is -0.324 e. The molecule has 2 aromatic heterocycles. The molecule has 2 heterocycles. The van der Waals surface area contributed by atoms with Crippen LogP contribution in [0.4, 0.5) is 5.69 Å². The van der Waals surface area contributed by atoms with Crippen LogP contribution in [0.3, 0.4) is 0 Å². The number of tetrazole rings is 1. The molecular weight excluding hydrogens is 314 g/mol. The number of hydrogen-bond acceptors (Lipinski definition) is 6. The van der Waals surface area contributed by atoms with E-state index in [1.54, 1.807) is 35.6 Å². The first-order chi connectivity index (χ1) is 11.1. The van der Waals surface area contributed by atoms with Crippen molar-refractivity contribution < 1.29 is 9.59 Å². The number of benzene rings is 1. The molecule has 1 aromatic carbocycles. The first-order valence-electron chi connectivity index (χ1n) is 6.83. The number of nitrogens with one attached hydrogen (secondary N) is 1. The highest BCUT2D eigenvalue weighted by molar-refractivity contribution is 7.08. The Kier molecular flexibility index (Phi) is 4.24. The van der Waals surface area contributed by atoms with E-state index in [1.807, 2.05) is 16.8 Å². The van der Waals surface area contributed by atoms with Gasteiger partial charge in [-0.1, -0.05) is 0 Å². The molecule has 0 radical (unpaired) electrons. The van der Waals surface area contributed by atoms with Gasteiger partial charge in [-0.15, -0.1) is 10.2 Å². The molecular formula is C15H13N5O2S. The topological polar surface area (TPSA) is 89.8 Å². The second kappa shape index (κ2) is 6.49. The van der Waals surface area contributed by atoms with Crippen LogP contribution in [0.15, 0.2) is 41.1 Å². The molecule has 0 atom stereocenters. The zero-order valence-corrected chi connectivity index (χ0v) is 13.1. The van der Waals surface area contributed by atoms with Crippen LogP contribution < -0.4 is 5.32 Å². The maximum atomic E-state index is 12.0. The minimum atomic E-state index is -0.269. The van der Waals surface area contributed by atoms with Gasteiger partial charge in [-0.3, -0.25) is 9.59 Å². The summed E-state index contributed by atoms with van der Waals surface area (Å²) in [4.78, 5) is 24.4. The maximum Gasteiger partial charge on any atom is 0.248 e. The van der Waals surface area contributed by atoms with Crippen LogP contribution in [-0.2, 0) is 11.3 Å². The lowest BCUT2D eigenvalue weighted by Gasteiger charge is -2.04. The van der Waals surface area contributed by atoms with Crippen molar-refractivity contribution in [2.24, 2.45) is 0 Å². The van der Waals surface area contributed by atoms with Gasteiger partial charge in [0.15, 0.2) is 5.78 Å². The zero-order chi connectivity index (χ0) is 16.2. The zero-order valence-electron chi connectivity index (χ0n) is 12.3. The number of ketones is 1. The molecule has 3 rings (SSSR count). The SMILES string of the molecule is CC(=O)c1ccc(NC(=O)Cn2nnc(-c3ccsc3)n2)cc1. The van der Waals surface area contributed by atoms with Crippen molar-refractivity contribution in [3.63, 3.8) is 0 Å². The molecule has 116 valence electrons. The summed E-state index contributed by atoms with van der Waals surface area (Å²) < 4.78 is 0. The summed E-state index contributed by atoms with van der Waals surface area (Å²) in [7, 11) is 0. The molecule has 0 spiro atoms. The molecule has 0 saturated heterocycles. The highest BCUT2D eigenvalue weighted by atomic mass is 32.1. The Morgan fingerprint density at radius 1 is 1.22 bits per heavy atom. The summed E-state index contributed by atoms with van der Waals surface area (Å²) in [6.45, 7) is 1.46. The van der Waals surface area contributed by atoms with E-state index in [4.69, 9.17) is 0 Å². The van der Waals surface area contributed by atoms with Crippen molar-refractivity contribution in [2.45, 2.75) is 13.5 Å². The highest BCUT2D eigenvalue weighted by Crippen LogP contribution is 2.16. The van der Waals surface area contributed by atoms with E-state index in [1.165, 1.54) is 11.7 Å². The van der Waals surface area contributed by atoms with Gasteiger partial charge in [0.2, 0.25) is 11.7 Å². The lowest BCUT2D eigenvalue weighted by Crippen LogP contribution is -2.20. The summed E-state index contributed by atoms with van der Waals surface area (Å²) >= 11 is 1.54. The summed E-state index contributed by atoms with van der Waals surface area (Å²) in [5, 5.41) is 18.5. The summed E-state index contributed by atoms with van der Waals surface area (Å²) in [5.41, 5.74) is 2.08. The maximum absolute atomic E-state index is 12.0. The lowest BCUT2D eigenvalue weighted by molar-refractivity contribution is -0.117. The molecule has 0 aliphatic carbocycles. The Morgan fingerprint density at radius 3 is 2.65 bits per heavy atom. The molecule has 0 aliphatic heterocycles. The standard InChI is InChI=1S/C15H13N5O2S/c1-10(21)11-2-4-13(5-3-11)16-14(22)8-20-18-15(17-19-20)12-6-7-23-9-12/h2-7,9H,8H2,1H3,(H,16,22). The Hall–Kier alpha value is -2.87. The van der Waals surface area contributed by atoms with E-state index in [0.29, 0.717) is 17.1 Å². The molecule has 8 heteroatoms. The Morgan fingerprint density at radius 2 is 2.00 bits per heavy atom. The van der Waals surface area contributed by atoms with E-state index >= 15 is 0 Å². The Labute approximate surface area is 136 Å². The molecule has 0 unspecified atom stereocenters. The molecule has 1 amide bonds. The highest BCUT2D eigenvalue weighted by Gasteiger charge is 2.10. The molecule has 3 aromatic rings. The third kappa shape index (κ3) is 3.67. The second-order valence-electron chi connectivity index (χ2n) is 4.84. The third-order valence-electron chi connectivity index (χ3n) is 3.09. The average molecular weight is 327 g/mol. The molecule has 7 nitrogen and oxygen atoms in total. The van der Waals surface area contributed by atoms with Gasteiger partial charge in [-0.05, 0) is 47.8 Å². The number of thiophene rings is 1. The Balaban J connectivity index is 1.62. The van der Waals surface area contributed by atoms with E-state index in [0.717, 1.165) is 5.56 Å². The molecule has 0 bridgehead atoms. The smallest absolute Gasteiger partial charge is 0.248 e. The quantitative estimate of drug-likeness (QED) is 0.726. The van der Waals surface area contributed by atoms with Crippen LogP contribution in [0.1, 0.15) is 17.3 Å². The number of carbonyl (C=O) groups is 2. The number of Topliss-reactive ketones (excluding diaryl/α,β-unsaturated/α-hetero) is 1. The van der Waals surface area contributed by atoms with Crippen molar-refractivity contribution in [3.8, 4) is 11.4 Å². The van der Waals surface area contributed by atoms with Crippen molar-refractivity contribution in [2.75, 3.05) is 5.32 Å². The number of rotatable bonds is 5. The van der Waals surface area contributed by atoms with Gasteiger partial charge in [0.1, 0.15) is 6.54 Å². The molecule has 0 saturated carbocycles. The fourth-order valence-electron chi connectivity index (χ4n) is 1.93. The fraction of sp³-hybridized carbons (Fsp3) is 0.133. The summed E-state index contributed by atoms with van der Waals surface area (Å²) in [6, 6.07) is 8.59. The summed E-state index contributed by atoms with van der Waals surface area (Å²) in [6.07, 6.45) is 0. The minimum absolute atomic E-state index is 0.0179. The van der Waals surface area contributed by atoms with Crippen LogP contribution in [0.2, 0.25) is 0 Å². The van der Waals surface area contributed by atoms with Gasteiger partial charge < -0.3 is 5.32 Å². The van der Waals surface area contributed by atoms with Gasteiger partial charge in [-0.25, -0.2) is 0 Å². The predicted octanol–water partition coefficient (Wildman–Crippen LogP) is 2.24. The first kappa shape index (κ1) is 15.0. The van der Waals surface area contributed by atoms with Crippen LogP contribution >= 0.6 is 11.3 Å². The van der Waals surface area contributed by atoms with Crippen LogP contribution in [0.25, 0.3) is 11.4 Å². The van der Waals surface area contributed by atoms with Gasteiger partial charge in [0.05, 0.1) is 0 Å². The largest absolute Gasteiger partial charge is 0.324 e. The van der Waals surface area contributed by atoms with Crippen molar-refractivity contribution in [3.05, 3.63) is 46.7 Å². The number of carbonyl (C=O) groups excluding carboxylic acids is 2. The van der Waals surface area contributed by atoms with Gasteiger partial charge in [0, 0.05) is 22.2 Å². The van der Waals surface area contributed by atoms with E-state index in [9.17, 15) is 9.59 Å². The normalized spacial score (nSPS) is 10.5. The second-order valence-corrected chi connectivity index (χ2v) is 5.62. The molecule has 0 fully saturated rings. The molecule has 0 aliphatic rings. The average Bonchev–Trinajstić information content (AvgIpc) is 3.18. The van der Waals surface area contributed by atoms with Crippen LogP contribution in [-0.4, -0.2) is 31.9 Å². The van der Waals surface area contributed by atoms with Crippen molar-refractivity contribution >= 4 is 28.7 Å². The number of aromatic nitrogens is 4. The number of anilines is 1. The number of nitrogens with zero attached hydrogens (tertiary/aromatic N) is 4. The number of hydrogen-bond donors (Lipinski definition) is 1. The fourth-order valence-corrected chi connectivity index (χ4v) is 2.57. The van der Waals surface area contributed by atoms with Crippen LogP contribution in [0.5, 0.6) is 0 Å². The van der Waals surface area contributed by atoms with Crippen molar-refractivity contribution in [1.82, 2.24) is 20.2 Å². The van der Waals surface area contributed by atoms with Gasteiger partial charge >= 0.3 is 0 Å². The van der Waals surface area contributed by atoms with Gasteiger partial charge in [0.25, 0.3) is 0 Å². The van der Waals surface area contributed by atoms with E-state index in [2.05, 4.69) is 20.7 Å². The molecule has 23 heavy (non-hydrogen) atoms. The van der Waals surface area contributed by atoms with E-state index < -0.39 is 0 Å². The number of amides is 1. The third-order valence-corrected chi connectivity index (χ3v) is 3.78. The predicted molar refractivity (Wildman–Crippen MR) is 86.2 cm³/mol. The monoisotopic (exact) mass is 327 g/mol. The summed E-state index contributed by atoms with van der Waals surface area (Å²) in [5.74, 6) is 0.204.